The molecule has 2 aromatic carbocycles. The number of halogens is 2. The number of benzene rings is 2. The molecule has 190 valence electrons. The van der Waals surface area contributed by atoms with Crippen LogP contribution in [0.2, 0.25) is 0 Å². The molecule has 2 heterocycles. The maximum atomic E-state index is 14.0. The van der Waals surface area contributed by atoms with Crippen LogP contribution in [-0.2, 0) is 9.59 Å². The van der Waals surface area contributed by atoms with Crippen LogP contribution in [0.15, 0.2) is 68.6 Å². The summed E-state index contributed by atoms with van der Waals surface area (Å²) < 4.78 is 1.94. The minimum Gasteiger partial charge on any atom is -0.307 e. The molecule has 4 rings (SSSR count). The Labute approximate surface area is 231 Å². The molecule has 2 aliphatic heterocycles. The fourth-order valence-electron chi connectivity index (χ4n) is 5.03. The summed E-state index contributed by atoms with van der Waals surface area (Å²) in [5, 5.41) is 0. The molecule has 0 bridgehead atoms. The zero-order valence-electron chi connectivity index (χ0n) is 21.2. The third-order valence-electron chi connectivity index (χ3n) is 6.89. The number of hydrogen-bond acceptors (Lipinski definition) is 2. The van der Waals surface area contributed by atoms with Gasteiger partial charge in [0.15, 0.2) is 0 Å². The van der Waals surface area contributed by atoms with E-state index in [0.717, 1.165) is 82.8 Å². The second-order valence-electron chi connectivity index (χ2n) is 9.50. The van der Waals surface area contributed by atoms with E-state index in [0.29, 0.717) is 24.2 Å². The fourth-order valence-corrected chi connectivity index (χ4v) is 5.56. The number of rotatable bonds is 12. The van der Waals surface area contributed by atoms with Crippen molar-refractivity contribution in [3.63, 3.8) is 0 Å². The third-order valence-corrected chi connectivity index (χ3v) is 7.94. The largest absolute Gasteiger partial charge is 0.307 e. The van der Waals surface area contributed by atoms with Gasteiger partial charge in [-0.25, -0.2) is 0 Å². The lowest BCUT2D eigenvalue weighted by molar-refractivity contribution is -0.124. The predicted octanol–water partition coefficient (Wildman–Crippen LogP) is 8.18. The third kappa shape index (κ3) is 5.55. The number of amides is 2. The quantitative estimate of drug-likeness (QED) is 0.226. The summed E-state index contributed by atoms with van der Waals surface area (Å²) in [5.74, 6) is -0.108. The average Bonchev–Trinajstić information content (AvgIpc) is 3.32. The molecule has 0 aliphatic carbocycles. The van der Waals surface area contributed by atoms with E-state index in [1.54, 1.807) is 0 Å². The first kappa shape index (κ1) is 26.9. The van der Waals surface area contributed by atoms with E-state index in [9.17, 15) is 9.59 Å². The summed E-state index contributed by atoms with van der Waals surface area (Å²) in [5.41, 5.74) is 4.45. The van der Waals surface area contributed by atoms with E-state index in [1.165, 1.54) is 0 Å². The van der Waals surface area contributed by atoms with Gasteiger partial charge in [-0.2, -0.15) is 0 Å². The molecule has 0 saturated carbocycles. The Bertz CT molecular complexity index is 1070. The van der Waals surface area contributed by atoms with Crippen molar-refractivity contribution >= 4 is 55.1 Å². The number of carbonyl (C=O) groups excluding carboxylic acids is 2. The summed E-state index contributed by atoms with van der Waals surface area (Å²) in [6.45, 7) is 5.61. The fraction of sp³-hybridized carbons (Fsp3) is 0.400. The van der Waals surface area contributed by atoms with Crippen LogP contribution in [0.4, 0.5) is 0 Å². The Morgan fingerprint density at radius 1 is 0.556 bits per heavy atom. The van der Waals surface area contributed by atoms with Gasteiger partial charge in [-0.05, 0) is 48.2 Å². The predicted molar refractivity (Wildman–Crippen MR) is 154 cm³/mol. The highest BCUT2D eigenvalue weighted by atomic mass is 79.9. The molecular formula is C30H34Br2N2O2. The molecule has 2 aliphatic rings. The number of carbonyl (C=O) groups is 2. The Kier molecular flexibility index (Phi) is 9.24. The zero-order chi connectivity index (χ0) is 25.7. The Morgan fingerprint density at radius 3 is 1.25 bits per heavy atom. The van der Waals surface area contributed by atoms with Gasteiger partial charge in [0.25, 0.3) is 11.8 Å². The molecule has 6 heteroatoms. The Balaban J connectivity index is 1.83. The molecule has 0 N–H and O–H groups in total. The topological polar surface area (TPSA) is 40.6 Å². The van der Waals surface area contributed by atoms with Gasteiger partial charge in [0.1, 0.15) is 0 Å². The van der Waals surface area contributed by atoms with Crippen molar-refractivity contribution < 1.29 is 9.59 Å². The molecule has 0 aromatic heterocycles. The average molecular weight is 614 g/mol. The second-order valence-corrected chi connectivity index (χ2v) is 11.3. The van der Waals surface area contributed by atoms with Crippen LogP contribution >= 0.6 is 31.9 Å². The van der Waals surface area contributed by atoms with E-state index in [4.69, 9.17) is 0 Å². The summed E-state index contributed by atoms with van der Waals surface area (Å²) >= 11 is 7.04. The van der Waals surface area contributed by atoms with Crippen LogP contribution in [0, 0.1) is 0 Å². The van der Waals surface area contributed by atoms with Crippen LogP contribution in [0.1, 0.15) is 76.3 Å². The summed E-state index contributed by atoms with van der Waals surface area (Å²) in [4.78, 5) is 31.8. The van der Waals surface area contributed by atoms with Gasteiger partial charge in [-0.15, -0.1) is 0 Å². The monoisotopic (exact) mass is 612 g/mol. The van der Waals surface area contributed by atoms with Crippen LogP contribution in [0.5, 0.6) is 0 Å². The lowest BCUT2D eigenvalue weighted by Gasteiger charge is -2.25. The van der Waals surface area contributed by atoms with Crippen LogP contribution < -0.4 is 0 Å². The number of hydrogen-bond donors (Lipinski definition) is 0. The highest BCUT2D eigenvalue weighted by Gasteiger charge is 2.48. The highest BCUT2D eigenvalue weighted by Crippen LogP contribution is 2.47. The minimum atomic E-state index is -0.0539. The molecule has 36 heavy (non-hydrogen) atoms. The molecule has 0 fully saturated rings. The molecule has 0 spiro atoms. The molecular weight excluding hydrogens is 580 g/mol. The Morgan fingerprint density at radius 2 is 0.917 bits per heavy atom. The lowest BCUT2D eigenvalue weighted by atomic mass is 10.0. The lowest BCUT2D eigenvalue weighted by Crippen LogP contribution is -2.31. The number of nitrogens with zero attached hydrogens (tertiary/aromatic N) is 2. The first-order valence-electron chi connectivity index (χ1n) is 13.1. The molecule has 0 unspecified atom stereocenters. The molecule has 4 nitrogen and oxygen atoms in total. The van der Waals surface area contributed by atoms with Crippen molar-refractivity contribution in [2.45, 2.75) is 65.2 Å². The van der Waals surface area contributed by atoms with Gasteiger partial charge >= 0.3 is 0 Å². The zero-order valence-corrected chi connectivity index (χ0v) is 24.3. The van der Waals surface area contributed by atoms with Gasteiger partial charge in [-0.3, -0.25) is 9.59 Å². The number of unbranched alkanes of at least 4 members (excludes halogenated alkanes) is 6. The number of fused-ring (bicyclic) bond motifs is 1. The van der Waals surface area contributed by atoms with E-state index in [2.05, 4.69) is 45.7 Å². The van der Waals surface area contributed by atoms with Crippen molar-refractivity contribution in [1.82, 2.24) is 9.80 Å². The summed E-state index contributed by atoms with van der Waals surface area (Å²) in [7, 11) is 0. The first-order chi connectivity index (χ1) is 17.5. The van der Waals surface area contributed by atoms with Crippen LogP contribution in [0.3, 0.4) is 0 Å². The smallest absolute Gasteiger partial charge is 0.261 e. The van der Waals surface area contributed by atoms with Gasteiger partial charge in [0, 0.05) is 22.0 Å². The second kappa shape index (κ2) is 12.4. The first-order valence-corrected chi connectivity index (χ1v) is 14.7. The highest BCUT2D eigenvalue weighted by molar-refractivity contribution is 9.10. The minimum absolute atomic E-state index is 0.0539. The van der Waals surface area contributed by atoms with Gasteiger partial charge in [0.05, 0.1) is 22.5 Å². The Hall–Kier alpha value is -2.18. The van der Waals surface area contributed by atoms with E-state index >= 15 is 0 Å². The van der Waals surface area contributed by atoms with E-state index < -0.39 is 0 Å². The maximum Gasteiger partial charge on any atom is 0.261 e. The van der Waals surface area contributed by atoms with Gasteiger partial charge in [-0.1, -0.05) is 108 Å². The van der Waals surface area contributed by atoms with Gasteiger partial charge in [0.2, 0.25) is 0 Å². The summed E-state index contributed by atoms with van der Waals surface area (Å²) in [6, 6.07) is 15.9. The van der Waals surface area contributed by atoms with Gasteiger partial charge < -0.3 is 9.80 Å². The summed E-state index contributed by atoms with van der Waals surface area (Å²) in [6.07, 6.45) is 8.54. The van der Waals surface area contributed by atoms with Crippen molar-refractivity contribution in [2.24, 2.45) is 0 Å². The van der Waals surface area contributed by atoms with E-state index in [1.807, 2.05) is 58.3 Å². The van der Waals surface area contributed by atoms with Crippen molar-refractivity contribution in [3.8, 4) is 0 Å². The maximum absolute atomic E-state index is 14.0. The molecule has 2 aromatic rings. The molecule has 0 saturated heterocycles. The normalized spacial score (nSPS) is 15.6. The molecule has 0 radical (unpaired) electrons. The van der Waals surface area contributed by atoms with E-state index in [-0.39, 0.29) is 11.8 Å². The van der Waals surface area contributed by atoms with Crippen LogP contribution in [-0.4, -0.2) is 34.7 Å². The molecule has 2 amide bonds. The molecule has 0 atom stereocenters. The van der Waals surface area contributed by atoms with Crippen molar-refractivity contribution in [2.75, 3.05) is 13.1 Å². The van der Waals surface area contributed by atoms with Crippen LogP contribution in [0.25, 0.3) is 11.4 Å². The van der Waals surface area contributed by atoms with Crippen molar-refractivity contribution in [3.05, 3.63) is 79.7 Å². The van der Waals surface area contributed by atoms with Crippen molar-refractivity contribution in [1.29, 1.82) is 0 Å². The standard InChI is InChI=1S/C30H34Br2N2O2/c1-3-5-7-9-19-33-27(21-11-15-23(31)16-12-21)25-26(29(33)35)28(22-13-17-24(32)18-14-22)34(30(25)36)20-10-8-6-4-2/h11-18H,3-10,19-20H2,1-2H3. The SMILES string of the molecule is CCCCCCN1C(=O)C2=C(c3ccc(Br)cc3)N(CCCCCC)C(=O)C2=C1c1ccc(Br)cc1.